The van der Waals surface area contributed by atoms with Crippen LogP contribution in [0.15, 0.2) is 0 Å². The van der Waals surface area contributed by atoms with E-state index < -0.39 is 17.9 Å². The highest BCUT2D eigenvalue weighted by Gasteiger charge is 2.26. The summed E-state index contributed by atoms with van der Waals surface area (Å²) in [5.41, 5.74) is 0. The van der Waals surface area contributed by atoms with Gasteiger partial charge in [-0.15, -0.1) is 0 Å². The summed E-state index contributed by atoms with van der Waals surface area (Å²) >= 11 is 0. The summed E-state index contributed by atoms with van der Waals surface area (Å²) in [4.78, 5) is 23.0. The molecule has 1 N–H and O–H groups in total. The van der Waals surface area contributed by atoms with Gasteiger partial charge in [-0.3, -0.25) is 9.59 Å². The van der Waals surface area contributed by atoms with Crippen molar-refractivity contribution in [3.8, 4) is 0 Å². The molecule has 0 amide bonds. The molecule has 4 heteroatoms. The van der Waals surface area contributed by atoms with E-state index in [1.54, 1.807) is 0 Å². The zero-order chi connectivity index (χ0) is 18.0. The number of hydrogen-bond acceptors (Lipinski definition) is 3. The van der Waals surface area contributed by atoms with E-state index in [0.29, 0.717) is 13.0 Å². The molecule has 0 aliphatic carbocycles. The van der Waals surface area contributed by atoms with Crippen LogP contribution in [0.1, 0.15) is 104 Å². The topological polar surface area (TPSA) is 63.6 Å². The van der Waals surface area contributed by atoms with Crippen molar-refractivity contribution in [1.29, 1.82) is 0 Å². The lowest BCUT2D eigenvalue weighted by Crippen LogP contribution is -2.26. The maximum Gasteiger partial charge on any atom is 0.320 e. The van der Waals surface area contributed by atoms with E-state index in [1.165, 1.54) is 51.4 Å². The summed E-state index contributed by atoms with van der Waals surface area (Å²) in [6, 6.07) is 0. The maximum atomic E-state index is 11.8. The molecule has 0 rings (SSSR count). The van der Waals surface area contributed by atoms with Crippen LogP contribution in [0.3, 0.4) is 0 Å². The quantitative estimate of drug-likeness (QED) is 0.208. The number of hydrogen-bond donors (Lipinski definition) is 1. The van der Waals surface area contributed by atoms with Crippen LogP contribution in [0.4, 0.5) is 0 Å². The molecule has 0 aromatic carbocycles. The molecule has 0 fully saturated rings. The highest BCUT2D eigenvalue weighted by atomic mass is 16.5. The molecule has 1 unspecified atom stereocenters. The molecule has 0 spiro atoms. The van der Waals surface area contributed by atoms with Crippen molar-refractivity contribution in [3.63, 3.8) is 0 Å². The third-order valence-electron chi connectivity index (χ3n) is 4.42. The summed E-state index contributed by atoms with van der Waals surface area (Å²) in [5, 5.41) is 9.16. The lowest BCUT2D eigenvalue weighted by Gasteiger charge is -2.11. The lowest BCUT2D eigenvalue weighted by atomic mass is 10.00. The summed E-state index contributed by atoms with van der Waals surface area (Å²) in [6.07, 6.45) is 15.5. The number of carbonyl (C=O) groups is 2. The Morgan fingerprint density at radius 2 is 1.21 bits per heavy atom. The number of carboxylic acid groups (broad SMARTS) is 1. The van der Waals surface area contributed by atoms with E-state index in [9.17, 15) is 9.59 Å². The van der Waals surface area contributed by atoms with E-state index in [0.717, 1.165) is 32.1 Å². The third kappa shape index (κ3) is 13.4. The standard InChI is InChI=1S/C20H38O4/c1-3-5-7-8-9-10-11-12-13-14-15-16-18(19(21)22)20(23)24-17-6-4-2/h18H,3-17H2,1-2H3,(H,21,22). The molecule has 0 heterocycles. The molecule has 1 atom stereocenters. The number of carbonyl (C=O) groups excluding carboxylic acids is 1. The Kier molecular flexibility index (Phi) is 16.0. The van der Waals surface area contributed by atoms with Crippen molar-refractivity contribution < 1.29 is 19.4 Å². The molecule has 0 aliphatic rings. The summed E-state index contributed by atoms with van der Waals surface area (Å²) in [6.45, 7) is 4.57. The van der Waals surface area contributed by atoms with Crippen molar-refractivity contribution in [2.75, 3.05) is 6.61 Å². The van der Waals surface area contributed by atoms with Crippen LogP contribution in [-0.4, -0.2) is 23.7 Å². The molecule has 0 aromatic rings. The van der Waals surface area contributed by atoms with Crippen molar-refractivity contribution in [2.24, 2.45) is 5.92 Å². The second kappa shape index (κ2) is 16.8. The Hall–Kier alpha value is -1.06. The number of unbranched alkanes of at least 4 members (excludes halogenated alkanes) is 11. The van der Waals surface area contributed by atoms with E-state index >= 15 is 0 Å². The predicted molar refractivity (Wildman–Crippen MR) is 98.1 cm³/mol. The Morgan fingerprint density at radius 3 is 1.67 bits per heavy atom. The van der Waals surface area contributed by atoms with Gasteiger partial charge in [0, 0.05) is 0 Å². The van der Waals surface area contributed by atoms with Crippen LogP contribution in [0.5, 0.6) is 0 Å². The molecular formula is C20H38O4. The molecule has 0 aliphatic heterocycles. The molecule has 24 heavy (non-hydrogen) atoms. The summed E-state index contributed by atoms with van der Waals surface area (Å²) in [7, 11) is 0. The van der Waals surface area contributed by atoms with Crippen LogP contribution in [-0.2, 0) is 14.3 Å². The van der Waals surface area contributed by atoms with Gasteiger partial charge in [0.1, 0.15) is 0 Å². The van der Waals surface area contributed by atoms with Gasteiger partial charge < -0.3 is 9.84 Å². The fraction of sp³-hybridized carbons (Fsp3) is 0.900. The fourth-order valence-corrected chi connectivity index (χ4v) is 2.77. The van der Waals surface area contributed by atoms with E-state index in [1.807, 2.05) is 6.92 Å². The first-order valence-electron chi connectivity index (χ1n) is 10.0. The first kappa shape index (κ1) is 22.9. The average molecular weight is 343 g/mol. The number of esters is 1. The Labute approximate surface area is 148 Å². The van der Waals surface area contributed by atoms with Gasteiger partial charge in [-0.1, -0.05) is 90.9 Å². The molecule has 0 radical (unpaired) electrons. The Bertz CT molecular complexity index is 315. The highest BCUT2D eigenvalue weighted by Crippen LogP contribution is 2.15. The van der Waals surface area contributed by atoms with Crippen LogP contribution in [0, 0.1) is 5.92 Å². The second-order valence-corrected chi connectivity index (χ2v) is 6.74. The normalized spacial score (nSPS) is 12.1. The zero-order valence-corrected chi connectivity index (χ0v) is 15.9. The van der Waals surface area contributed by atoms with Crippen LogP contribution in [0.2, 0.25) is 0 Å². The molecule has 4 nitrogen and oxygen atoms in total. The maximum absolute atomic E-state index is 11.8. The SMILES string of the molecule is CCCCCCCCCCCCCC(C(=O)O)C(=O)OCCCC. The van der Waals surface area contributed by atoms with Gasteiger partial charge in [-0.2, -0.15) is 0 Å². The molecule has 0 bridgehead atoms. The number of rotatable bonds is 17. The predicted octanol–water partition coefficient (Wildman–Crippen LogP) is 5.73. The van der Waals surface area contributed by atoms with Gasteiger partial charge in [0.15, 0.2) is 5.92 Å². The van der Waals surface area contributed by atoms with Crippen LogP contribution < -0.4 is 0 Å². The Balaban J connectivity index is 3.60. The lowest BCUT2D eigenvalue weighted by molar-refractivity contribution is -0.159. The molecule has 0 saturated carbocycles. The van der Waals surface area contributed by atoms with Crippen molar-refractivity contribution >= 4 is 11.9 Å². The first-order valence-corrected chi connectivity index (χ1v) is 10.0. The van der Waals surface area contributed by atoms with Crippen molar-refractivity contribution in [2.45, 2.75) is 104 Å². The average Bonchev–Trinajstić information content (AvgIpc) is 2.55. The second-order valence-electron chi connectivity index (χ2n) is 6.74. The number of carboxylic acids is 1. The molecule has 142 valence electrons. The van der Waals surface area contributed by atoms with Gasteiger partial charge >= 0.3 is 11.9 Å². The third-order valence-corrected chi connectivity index (χ3v) is 4.42. The van der Waals surface area contributed by atoms with Gasteiger partial charge in [-0.25, -0.2) is 0 Å². The highest BCUT2D eigenvalue weighted by molar-refractivity contribution is 5.93. The van der Waals surface area contributed by atoms with Gasteiger partial charge in [0.25, 0.3) is 0 Å². The number of aliphatic carboxylic acids is 1. The van der Waals surface area contributed by atoms with E-state index in [2.05, 4.69) is 6.92 Å². The summed E-state index contributed by atoms with van der Waals surface area (Å²) < 4.78 is 5.04. The molecular weight excluding hydrogens is 304 g/mol. The van der Waals surface area contributed by atoms with Crippen LogP contribution >= 0.6 is 0 Å². The minimum atomic E-state index is -1.05. The minimum Gasteiger partial charge on any atom is -0.481 e. The zero-order valence-electron chi connectivity index (χ0n) is 15.9. The first-order chi connectivity index (χ1) is 11.6. The Morgan fingerprint density at radius 1 is 0.750 bits per heavy atom. The number of ether oxygens (including phenoxy) is 1. The van der Waals surface area contributed by atoms with Gasteiger partial charge in [0.05, 0.1) is 6.61 Å². The van der Waals surface area contributed by atoms with Crippen molar-refractivity contribution in [3.05, 3.63) is 0 Å². The van der Waals surface area contributed by atoms with E-state index in [-0.39, 0.29) is 0 Å². The monoisotopic (exact) mass is 342 g/mol. The van der Waals surface area contributed by atoms with E-state index in [4.69, 9.17) is 9.84 Å². The largest absolute Gasteiger partial charge is 0.481 e. The summed E-state index contributed by atoms with van der Waals surface area (Å²) in [5.74, 6) is -2.60. The molecule has 0 aromatic heterocycles. The smallest absolute Gasteiger partial charge is 0.320 e. The van der Waals surface area contributed by atoms with Gasteiger partial charge in [-0.05, 0) is 12.8 Å². The van der Waals surface area contributed by atoms with Crippen molar-refractivity contribution in [1.82, 2.24) is 0 Å². The van der Waals surface area contributed by atoms with Gasteiger partial charge in [0.2, 0.25) is 0 Å². The fourth-order valence-electron chi connectivity index (χ4n) is 2.77. The minimum absolute atomic E-state index is 0.331. The van der Waals surface area contributed by atoms with Crippen LogP contribution in [0.25, 0.3) is 0 Å². The molecule has 0 saturated heterocycles.